The number of urea groups is 1. The number of amides is 3. The van der Waals surface area contributed by atoms with Gasteiger partial charge in [0.15, 0.2) is 5.16 Å². The van der Waals surface area contributed by atoms with Gasteiger partial charge in [0, 0.05) is 13.1 Å². The molecule has 2 aromatic heterocycles. The summed E-state index contributed by atoms with van der Waals surface area (Å²) in [7, 11) is 0. The van der Waals surface area contributed by atoms with Crippen molar-refractivity contribution in [3.63, 3.8) is 0 Å². The number of nitrogens with one attached hydrogen (secondary N) is 2. The highest BCUT2D eigenvalue weighted by molar-refractivity contribution is 7.99. The first-order valence-electron chi connectivity index (χ1n) is 8.79. The van der Waals surface area contributed by atoms with Crippen molar-refractivity contribution in [3.8, 4) is 0 Å². The summed E-state index contributed by atoms with van der Waals surface area (Å²) in [6.07, 6.45) is -0.907. The second-order valence-electron chi connectivity index (χ2n) is 6.28. The first-order valence-corrected chi connectivity index (χ1v) is 9.78. The minimum atomic E-state index is -4.55. The fourth-order valence-corrected chi connectivity index (χ4v) is 3.49. The van der Waals surface area contributed by atoms with E-state index < -0.39 is 24.7 Å². The number of rotatable bonds is 7. The van der Waals surface area contributed by atoms with Crippen LogP contribution in [0.15, 0.2) is 28.0 Å². The molecule has 3 heterocycles. The molecule has 0 bridgehead atoms. The van der Waals surface area contributed by atoms with Gasteiger partial charge in [-0.1, -0.05) is 11.8 Å². The first-order chi connectivity index (χ1) is 13.8. The third-order valence-corrected chi connectivity index (χ3v) is 4.98. The quantitative estimate of drug-likeness (QED) is 0.645. The second kappa shape index (κ2) is 9.20. The lowest BCUT2D eigenvalue weighted by Crippen LogP contribution is -2.43. The minimum Gasteiger partial charge on any atom is -0.467 e. The Morgan fingerprint density at radius 2 is 2.00 bits per heavy atom. The van der Waals surface area contributed by atoms with Gasteiger partial charge in [-0.2, -0.15) is 13.2 Å². The zero-order valence-electron chi connectivity index (χ0n) is 15.2. The average Bonchev–Trinajstić information content (AvgIpc) is 3.40. The molecule has 3 rings (SSSR count). The van der Waals surface area contributed by atoms with E-state index in [1.165, 1.54) is 0 Å². The predicted molar refractivity (Wildman–Crippen MR) is 97.6 cm³/mol. The zero-order chi connectivity index (χ0) is 20.9. The van der Waals surface area contributed by atoms with E-state index in [1.807, 2.05) is 9.88 Å². The number of hydrogen-bond donors (Lipinski definition) is 2. The summed E-state index contributed by atoms with van der Waals surface area (Å²) >= 11 is 1.03. The summed E-state index contributed by atoms with van der Waals surface area (Å²) in [6, 6.07) is 2.36. The van der Waals surface area contributed by atoms with Gasteiger partial charge < -0.3 is 14.6 Å². The normalized spacial score (nSPS) is 14.2. The highest BCUT2D eigenvalue weighted by Gasteiger charge is 2.28. The predicted octanol–water partition coefficient (Wildman–Crippen LogP) is 2.00. The Hall–Kier alpha value is -2.70. The third-order valence-electron chi connectivity index (χ3n) is 4.01. The van der Waals surface area contributed by atoms with Crippen LogP contribution in [-0.2, 0) is 11.3 Å². The van der Waals surface area contributed by atoms with Crippen LogP contribution in [0, 0.1) is 0 Å². The molecule has 2 aromatic rings. The molecule has 158 valence electrons. The monoisotopic (exact) mass is 432 g/mol. The van der Waals surface area contributed by atoms with Crippen LogP contribution in [0.1, 0.15) is 18.6 Å². The van der Waals surface area contributed by atoms with Crippen LogP contribution in [0.4, 0.5) is 23.9 Å². The first kappa shape index (κ1) is 21.0. The number of furan rings is 1. The lowest BCUT2D eigenvalue weighted by atomic mass is 10.4. The van der Waals surface area contributed by atoms with Gasteiger partial charge in [0.2, 0.25) is 11.9 Å². The Morgan fingerprint density at radius 3 is 2.66 bits per heavy atom. The number of carbonyl (C=O) groups is 2. The molecule has 0 unspecified atom stereocenters. The van der Waals surface area contributed by atoms with Gasteiger partial charge in [0.05, 0.1) is 18.6 Å². The molecule has 9 nitrogen and oxygen atoms in total. The van der Waals surface area contributed by atoms with E-state index in [0.29, 0.717) is 23.4 Å². The molecular weight excluding hydrogens is 413 g/mol. The van der Waals surface area contributed by atoms with Gasteiger partial charge in [-0.3, -0.25) is 14.7 Å². The number of thioether (sulfide) groups is 1. The van der Waals surface area contributed by atoms with Crippen LogP contribution in [0.5, 0.6) is 0 Å². The fraction of sp³-hybridized carbons (Fsp3) is 0.500. The summed E-state index contributed by atoms with van der Waals surface area (Å²) in [4.78, 5) is 25.3. The maximum Gasteiger partial charge on any atom is 0.405 e. The van der Waals surface area contributed by atoms with Crippen molar-refractivity contribution in [1.82, 2.24) is 25.4 Å². The van der Waals surface area contributed by atoms with Crippen molar-refractivity contribution in [1.29, 1.82) is 0 Å². The lowest BCUT2D eigenvalue weighted by Gasteiger charge is -2.17. The van der Waals surface area contributed by atoms with E-state index in [9.17, 15) is 22.8 Å². The van der Waals surface area contributed by atoms with Gasteiger partial charge in [-0.15, -0.1) is 10.2 Å². The summed E-state index contributed by atoms with van der Waals surface area (Å²) in [5.74, 6) is 0.383. The number of alkyl halides is 3. The Bertz CT molecular complexity index is 834. The van der Waals surface area contributed by atoms with Crippen LogP contribution in [0.2, 0.25) is 0 Å². The summed E-state index contributed by atoms with van der Waals surface area (Å²) in [5.41, 5.74) is 0. The molecule has 1 saturated heterocycles. The topological polar surface area (TPSA) is 105 Å². The van der Waals surface area contributed by atoms with Crippen molar-refractivity contribution in [2.75, 3.05) is 30.3 Å². The standard InChI is InChI=1S/C16H19F3N6O3S/c17-16(18,19)10-20-13(27)21-12(26)9-29-15-23-22-14(24-5-1-2-6-24)25(15)8-11-4-3-7-28-11/h3-4,7H,1-2,5-6,8-10H2,(H2,20,21,26,27). The molecule has 1 aliphatic heterocycles. The van der Waals surface area contributed by atoms with Crippen LogP contribution in [0.3, 0.4) is 0 Å². The summed E-state index contributed by atoms with van der Waals surface area (Å²) in [5, 5.41) is 12.2. The Morgan fingerprint density at radius 1 is 1.24 bits per heavy atom. The van der Waals surface area contributed by atoms with Gasteiger partial charge >= 0.3 is 12.2 Å². The van der Waals surface area contributed by atoms with Crippen molar-refractivity contribution in [2.24, 2.45) is 0 Å². The SMILES string of the molecule is O=C(CSc1nnc(N2CCCC2)n1Cc1ccco1)NC(=O)NCC(F)(F)F. The third kappa shape index (κ3) is 6.14. The van der Waals surface area contributed by atoms with Gasteiger partial charge in [0.1, 0.15) is 12.3 Å². The van der Waals surface area contributed by atoms with E-state index >= 15 is 0 Å². The molecule has 0 aromatic carbocycles. The van der Waals surface area contributed by atoms with Crippen molar-refractivity contribution in [3.05, 3.63) is 24.2 Å². The number of carbonyl (C=O) groups excluding carboxylic acids is 2. The molecule has 0 spiro atoms. The number of imide groups is 1. The van der Waals surface area contributed by atoms with Crippen LogP contribution >= 0.6 is 11.8 Å². The van der Waals surface area contributed by atoms with Crippen molar-refractivity contribution in [2.45, 2.75) is 30.7 Å². The maximum absolute atomic E-state index is 12.1. The molecule has 0 aliphatic carbocycles. The Balaban J connectivity index is 1.61. The number of anilines is 1. The van der Waals surface area contributed by atoms with Crippen molar-refractivity contribution < 1.29 is 27.2 Å². The molecule has 3 amide bonds. The number of hydrogen-bond acceptors (Lipinski definition) is 7. The van der Waals surface area contributed by atoms with E-state index in [0.717, 1.165) is 37.7 Å². The second-order valence-corrected chi connectivity index (χ2v) is 7.22. The molecular formula is C16H19F3N6O3S. The maximum atomic E-state index is 12.1. The highest BCUT2D eigenvalue weighted by atomic mass is 32.2. The zero-order valence-corrected chi connectivity index (χ0v) is 16.1. The summed E-state index contributed by atoms with van der Waals surface area (Å²) < 4.78 is 43.5. The average molecular weight is 432 g/mol. The summed E-state index contributed by atoms with van der Waals surface area (Å²) in [6.45, 7) is 0.541. The van der Waals surface area contributed by atoms with Crippen LogP contribution in [0.25, 0.3) is 0 Å². The van der Waals surface area contributed by atoms with Crippen molar-refractivity contribution >= 4 is 29.6 Å². The number of nitrogens with zero attached hydrogens (tertiary/aromatic N) is 4. The minimum absolute atomic E-state index is 0.213. The molecule has 0 atom stereocenters. The molecule has 0 saturated carbocycles. The van der Waals surface area contributed by atoms with Gasteiger partial charge in [-0.25, -0.2) is 4.79 Å². The molecule has 2 N–H and O–H groups in total. The molecule has 0 radical (unpaired) electrons. The van der Waals surface area contributed by atoms with Crippen LogP contribution in [-0.4, -0.2) is 58.3 Å². The smallest absolute Gasteiger partial charge is 0.405 e. The lowest BCUT2D eigenvalue weighted by molar-refractivity contribution is -0.124. The van der Waals surface area contributed by atoms with E-state index in [-0.39, 0.29) is 5.75 Å². The molecule has 1 aliphatic rings. The largest absolute Gasteiger partial charge is 0.467 e. The Kier molecular flexibility index (Phi) is 6.67. The van der Waals surface area contributed by atoms with Gasteiger partial charge in [-0.05, 0) is 25.0 Å². The number of aromatic nitrogens is 3. The molecule has 13 heteroatoms. The van der Waals surface area contributed by atoms with Gasteiger partial charge in [0.25, 0.3) is 0 Å². The van der Waals surface area contributed by atoms with E-state index in [2.05, 4.69) is 15.1 Å². The Labute approximate surface area is 168 Å². The van der Waals surface area contributed by atoms with Crippen LogP contribution < -0.4 is 15.5 Å². The number of halogens is 3. The van der Waals surface area contributed by atoms with E-state index in [4.69, 9.17) is 4.42 Å². The molecule has 29 heavy (non-hydrogen) atoms. The fourth-order valence-electron chi connectivity index (χ4n) is 2.75. The highest BCUT2D eigenvalue weighted by Crippen LogP contribution is 2.25. The molecule has 1 fully saturated rings. The van der Waals surface area contributed by atoms with E-state index in [1.54, 1.807) is 23.7 Å².